The van der Waals surface area contributed by atoms with Gasteiger partial charge in [0.15, 0.2) is 0 Å². The zero-order chi connectivity index (χ0) is 14.5. The lowest BCUT2D eigenvalue weighted by Gasteiger charge is -2.17. The van der Waals surface area contributed by atoms with Crippen LogP contribution in [0.2, 0.25) is 0 Å². The Balaban J connectivity index is 2.38. The highest BCUT2D eigenvalue weighted by Crippen LogP contribution is 2.27. The second-order valence-corrected chi connectivity index (χ2v) is 5.46. The van der Waals surface area contributed by atoms with Crippen LogP contribution in [0.25, 0.3) is 11.1 Å². The number of aryl methyl sites for hydroxylation is 2. The molecule has 2 rings (SSSR count). The minimum Gasteiger partial charge on any atom is -0.310 e. The molecule has 0 aromatic heterocycles. The summed E-state index contributed by atoms with van der Waals surface area (Å²) in [5.41, 5.74) is 6.70. The van der Waals surface area contributed by atoms with Crippen LogP contribution in [-0.4, -0.2) is 6.54 Å². The van der Waals surface area contributed by atoms with Crippen LogP contribution in [0.1, 0.15) is 43.0 Å². The summed E-state index contributed by atoms with van der Waals surface area (Å²) in [6.45, 7) is 9.74. The average Bonchev–Trinajstić information content (AvgIpc) is 2.45. The number of benzene rings is 2. The Hall–Kier alpha value is -1.60. The molecule has 0 bridgehead atoms. The summed E-state index contributed by atoms with van der Waals surface area (Å²) >= 11 is 0. The van der Waals surface area contributed by atoms with Crippen LogP contribution < -0.4 is 5.32 Å². The lowest BCUT2D eigenvalue weighted by atomic mass is 9.95. The Kier molecular flexibility index (Phi) is 4.97. The molecule has 2 aromatic rings. The van der Waals surface area contributed by atoms with Gasteiger partial charge in [0, 0.05) is 6.04 Å². The molecule has 0 radical (unpaired) electrons. The smallest absolute Gasteiger partial charge is 0.0317 e. The van der Waals surface area contributed by atoms with Crippen molar-refractivity contribution in [3.05, 3.63) is 59.2 Å². The van der Waals surface area contributed by atoms with Gasteiger partial charge >= 0.3 is 0 Å². The highest BCUT2D eigenvalue weighted by molar-refractivity contribution is 5.68. The first-order valence-electron chi connectivity index (χ1n) is 7.56. The van der Waals surface area contributed by atoms with E-state index in [4.69, 9.17) is 0 Å². The molecule has 1 unspecified atom stereocenters. The number of nitrogens with one attached hydrogen (secondary N) is 1. The number of hydrogen-bond donors (Lipinski definition) is 1. The van der Waals surface area contributed by atoms with Crippen LogP contribution in [0.4, 0.5) is 0 Å². The molecule has 0 aliphatic rings. The van der Waals surface area contributed by atoms with Gasteiger partial charge < -0.3 is 5.32 Å². The molecular weight excluding hydrogens is 242 g/mol. The van der Waals surface area contributed by atoms with Gasteiger partial charge in [-0.2, -0.15) is 0 Å². The Bertz CT molecular complexity index is 572. The topological polar surface area (TPSA) is 12.0 Å². The second kappa shape index (κ2) is 6.71. The van der Waals surface area contributed by atoms with Crippen molar-refractivity contribution in [1.82, 2.24) is 5.32 Å². The lowest BCUT2D eigenvalue weighted by molar-refractivity contribution is 0.537. The first-order chi connectivity index (χ1) is 9.65. The van der Waals surface area contributed by atoms with E-state index in [1.54, 1.807) is 0 Å². The zero-order valence-corrected chi connectivity index (χ0v) is 13.0. The average molecular weight is 267 g/mol. The molecule has 106 valence electrons. The van der Waals surface area contributed by atoms with E-state index < -0.39 is 0 Å². The van der Waals surface area contributed by atoms with E-state index >= 15 is 0 Å². The molecule has 0 fully saturated rings. The van der Waals surface area contributed by atoms with Gasteiger partial charge in [-0.1, -0.05) is 55.8 Å². The SMILES string of the molecule is CCNC(CC)c1cccc(-c2ccc(C)cc2C)c1. The van der Waals surface area contributed by atoms with Crippen LogP contribution in [0, 0.1) is 13.8 Å². The van der Waals surface area contributed by atoms with Gasteiger partial charge in [-0.15, -0.1) is 0 Å². The molecule has 0 aliphatic carbocycles. The summed E-state index contributed by atoms with van der Waals surface area (Å²) in [6.07, 6.45) is 1.12. The monoisotopic (exact) mass is 267 g/mol. The van der Waals surface area contributed by atoms with Crippen molar-refractivity contribution in [2.45, 2.75) is 40.2 Å². The summed E-state index contributed by atoms with van der Waals surface area (Å²) in [5.74, 6) is 0. The molecule has 1 atom stereocenters. The van der Waals surface area contributed by atoms with E-state index in [-0.39, 0.29) is 0 Å². The van der Waals surface area contributed by atoms with Crippen LogP contribution >= 0.6 is 0 Å². The van der Waals surface area contributed by atoms with Gasteiger partial charge in [0.25, 0.3) is 0 Å². The lowest BCUT2D eigenvalue weighted by Crippen LogP contribution is -2.19. The normalized spacial score (nSPS) is 12.4. The van der Waals surface area contributed by atoms with Gasteiger partial charge in [-0.05, 0) is 55.1 Å². The van der Waals surface area contributed by atoms with Gasteiger partial charge in [-0.25, -0.2) is 0 Å². The fourth-order valence-corrected chi connectivity index (χ4v) is 2.80. The third-order valence-electron chi connectivity index (χ3n) is 3.84. The summed E-state index contributed by atoms with van der Waals surface area (Å²) in [6, 6.07) is 16.1. The Labute approximate surface area is 123 Å². The molecule has 0 spiro atoms. The first kappa shape index (κ1) is 14.8. The summed E-state index contributed by atoms with van der Waals surface area (Å²) < 4.78 is 0. The van der Waals surface area contributed by atoms with Crippen LogP contribution in [-0.2, 0) is 0 Å². The maximum absolute atomic E-state index is 3.55. The van der Waals surface area contributed by atoms with E-state index in [2.05, 4.69) is 75.5 Å². The van der Waals surface area contributed by atoms with Gasteiger partial charge in [0.1, 0.15) is 0 Å². The van der Waals surface area contributed by atoms with Crippen molar-refractivity contribution in [1.29, 1.82) is 0 Å². The molecule has 1 heteroatoms. The Morgan fingerprint density at radius 1 is 1.00 bits per heavy atom. The van der Waals surface area contributed by atoms with E-state index in [0.29, 0.717) is 6.04 Å². The predicted molar refractivity (Wildman–Crippen MR) is 88.1 cm³/mol. The fourth-order valence-electron chi connectivity index (χ4n) is 2.80. The van der Waals surface area contributed by atoms with Crippen molar-refractivity contribution < 1.29 is 0 Å². The molecule has 1 nitrogen and oxygen atoms in total. The fraction of sp³-hybridized carbons (Fsp3) is 0.368. The molecule has 1 N–H and O–H groups in total. The summed E-state index contributed by atoms with van der Waals surface area (Å²) in [7, 11) is 0. The number of rotatable bonds is 5. The van der Waals surface area contributed by atoms with Crippen molar-refractivity contribution in [2.24, 2.45) is 0 Å². The van der Waals surface area contributed by atoms with Crippen molar-refractivity contribution in [3.8, 4) is 11.1 Å². The van der Waals surface area contributed by atoms with Gasteiger partial charge in [0.2, 0.25) is 0 Å². The minimum atomic E-state index is 0.450. The second-order valence-electron chi connectivity index (χ2n) is 5.46. The van der Waals surface area contributed by atoms with E-state index in [1.165, 1.54) is 27.8 Å². The number of hydrogen-bond acceptors (Lipinski definition) is 1. The highest BCUT2D eigenvalue weighted by atomic mass is 14.9. The Morgan fingerprint density at radius 2 is 1.80 bits per heavy atom. The molecule has 0 amide bonds. The van der Waals surface area contributed by atoms with Crippen LogP contribution in [0.3, 0.4) is 0 Å². The van der Waals surface area contributed by atoms with Gasteiger partial charge in [-0.3, -0.25) is 0 Å². The third kappa shape index (κ3) is 3.29. The standard InChI is InChI=1S/C19H25N/c1-5-19(20-6-2)17-9-7-8-16(13-17)18-11-10-14(3)12-15(18)4/h7-13,19-20H,5-6H2,1-4H3. The van der Waals surface area contributed by atoms with Crippen molar-refractivity contribution in [2.75, 3.05) is 6.54 Å². The maximum Gasteiger partial charge on any atom is 0.0317 e. The first-order valence-corrected chi connectivity index (χ1v) is 7.56. The molecule has 0 heterocycles. The zero-order valence-electron chi connectivity index (χ0n) is 13.0. The highest BCUT2D eigenvalue weighted by Gasteiger charge is 2.09. The van der Waals surface area contributed by atoms with E-state index in [1.807, 2.05) is 0 Å². The maximum atomic E-state index is 3.55. The predicted octanol–water partition coefficient (Wildman–Crippen LogP) is 5.03. The summed E-state index contributed by atoms with van der Waals surface area (Å²) in [5, 5.41) is 3.55. The third-order valence-corrected chi connectivity index (χ3v) is 3.84. The molecule has 0 saturated heterocycles. The van der Waals surface area contributed by atoms with E-state index in [0.717, 1.165) is 13.0 Å². The van der Waals surface area contributed by atoms with Crippen LogP contribution in [0.5, 0.6) is 0 Å². The van der Waals surface area contributed by atoms with E-state index in [9.17, 15) is 0 Å². The molecule has 20 heavy (non-hydrogen) atoms. The van der Waals surface area contributed by atoms with Crippen LogP contribution in [0.15, 0.2) is 42.5 Å². The molecule has 0 saturated carbocycles. The van der Waals surface area contributed by atoms with Crippen molar-refractivity contribution >= 4 is 0 Å². The summed E-state index contributed by atoms with van der Waals surface area (Å²) in [4.78, 5) is 0. The molecule has 0 aliphatic heterocycles. The molecular formula is C19H25N. The van der Waals surface area contributed by atoms with Crippen molar-refractivity contribution in [3.63, 3.8) is 0 Å². The quantitative estimate of drug-likeness (QED) is 0.801. The molecule has 2 aromatic carbocycles. The largest absolute Gasteiger partial charge is 0.310 e. The van der Waals surface area contributed by atoms with Gasteiger partial charge in [0.05, 0.1) is 0 Å². The minimum absolute atomic E-state index is 0.450. The Morgan fingerprint density at radius 3 is 2.45 bits per heavy atom.